The second-order valence-electron chi connectivity index (χ2n) is 8.67. The molecule has 0 amide bonds. The molecule has 0 heterocycles. The maximum atomic E-state index is 15.1. The Bertz CT molecular complexity index is 1110. The molecule has 0 aliphatic heterocycles. The van der Waals surface area contributed by atoms with E-state index in [2.05, 4.69) is 6.92 Å². The lowest BCUT2D eigenvalue weighted by Crippen LogP contribution is -2.13. The van der Waals surface area contributed by atoms with Crippen molar-refractivity contribution in [2.45, 2.75) is 58.8 Å². The Balaban J connectivity index is 0.00000324. The molecule has 6 heteroatoms. The minimum absolute atomic E-state index is 0. The van der Waals surface area contributed by atoms with Crippen LogP contribution in [0, 0.1) is 35.0 Å². The van der Waals surface area contributed by atoms with Crippen LogP contribution >= 0.6 is 0 Å². The summed E-state index contributed by atoms with van der Waals surface area (Å²) in [7, 11) is 0. The molecule has 1 nitrogen and oxygen atoms in total. The molecule has 0 radical (unpaired) electrons. The van der Waals surface area contributed by atoms with E-state index in [9.17, 15) is 13.2 Å². The molecule has 4 rings (SSSR count). The third-order valence-corrected chi connectivity index (χ3v) is 6.45. The van der Waals surface area contributed by atoms with Crippen LogP contribution in [-0.2, 0) is 0 Å². The smallest absolute Gasteiger partial charge is 0.194 e. The van der Waals surface area contributed by atoms with Crippen molar-refractivity contribution in [1.29, 1.82) is 0 Å². The lowest BCUT2D eigenvalue weighted by molar-refractivity contribution is 0.308. The van der Waals surface area contributed by atoms with Gasteiger partial charge in [-0.05, 0) is 55.2 Å². The van der Waals surface area contributed by atoms with Crippen LogP contribution in [0.5, 0.6) is 11.5 Å². The average molecular weight is 477 g/mol. The molecule has 0 bridgehead atoms. The SMILES string of the molecule is C.CCCC1CCC(c2ccc(-c3cccc(Oc4cc(F)c(F)c(F)c4)c3F)c(F)c2)CC1. The van der Waals surface area contributed by atoms with Gasteiger partial charge in [-0.15, -0.1) is 0 Å². The van der Waals surface area contributed by atoms with Gasteiger partial charge in [0.1, 0.15) is 11.6 Å². The van der Waals surface area contributed by atoms with Gasteiger partial charge in [0, 0.05) is 23.3 Å². The van der Waals surface area contributed by atoms with E-state index in [1.54, 1.807) is 6.07 Å². The Kier molecular flexibility index (Phi) is 8.34. The summed E-state index contributed by atoms with van der Waals surface area (Å²) < 4.78 is 75.4. The number of halogens is 5. The van der Waals surface area contributed by atoms with Gasteiger partial charge in [0.2, 0.25) is 0 Å². The normalized spacial score (nSPS) is 17.8. The largest absolute Gasteiger partial charge is 0.454 e. The molecular formula is C28H29F5O. The summed E-state index contributed by atoms with van der Waals surface area (Å²) in [6, 6.07) is 10.2. The monoisotopic (exact) mass is 476 g/mol. The van der Waals surface area contributed by atoms with Crippen molar-refractivity contribution in [2.24, 2.45) is 5.92 Å². The quantitative estimate of drug-likeness (QED) is 0.254. The highest BCUT2D eigenvalue weighted by molar-refractivity contribution is 5.67. The van der Waals surface area contributed by atoms with Crippen LogP contribution in [0.15, 0.2) is 48.5 Å². The van der Waals surface area contributed by atoms with Gasteiger partial charge in [0.25, 0.3) is 0 Å². The lowest BCUT2D eigenvalue weighted by atomic mass is 9.77. The highest BCUT2D eigenvalue weighted by Crippen LogP contribution is 2.39. The first-order valence-electron chi connectivity index (χ1n) is 11.3. The number of hydrogen-bond donors (Lipinski definition) is 0. The van der Waals surface area contributed by atoms with Crippen molar-refractivity contribution in [3.63, 3.8) is 0 Å². The molecule has 0 N–H and O–H groups in total. The standard InChI is InChI=1S/C27H25F5O.CH4/c1-2-4-16-7-9-17(10-8-16)18-11-12-20(22(28)13-18)21-5-3-6-25(26(21)31)33-19-14-23(29)27(32)24(30)15-19;/h3,5-6,11-17H,2,4,7-10H2,1H3;1H4. The second kappa shape index (κ2) is 11.0. The number of ether oxygens (including phenoxy) is 1. The number of hydrogen-bond acceptors (Lipinski definition) is 1. The van der Waals surface area contributed by atoms with Gasteiger partial charge in [-0.3, -0.25) is 0 Å². The van der Waals surface area contributed by atoms with Crippen LogP contribution in [0.1, 0.15) is 64.4 Å². The van der Waals surface area contributed by atoms with Gasteiger partial charge >= 0.3 is 0 Å². The summed E-state index contributed by atoms with van der Waals surface area (Å²) in [5.74, 6) is -5.68. The van der Waals surface area contributed by atoms with E-state index in [1.165, 1.54) is 37.1 Å². The Morgan fingerprint density at radius 2 is 1.44 bits per heavy atom. The van der Waals surface area contributed by atoms with E-state index in [4.69, 9.17) is 4.74 Å². The molecule has 1 aliphatic rings. The van der Waals surface area contributed by atoms with E-state index >= 15 is 8.78 Å². The molecule has 1 aliphatic carbocycles. The molecule has 3 aromatic carbocycles. The fourth-order valence-corrected chi connectivity index (χ4v) is 4.71. The van der Waals surface area contributed by atoms with Crippen LogP contribution in [-0.4, -0.2) is 0 Å². The highest BCUT2D eigenvalue weighted by Gasteiger charge is 2.23. The zero-order valence-electron chi connectivity index (χ0n) is 18.3. The van der Waals surface area contributed by atoms with Crippen molar-refractivity contribution in [3.05, 3.63) is 83.2 Å². The predicted octanol–water partition coefficient (Wildman–Crippen LogP) is 9.55. The Hall–Kier alpha value is -2.89. The first-order chi connectivity index (χ1) is 15.9. The van der Waals surface area contributed by atoms with E-state index in [-0.39, 0.29) is 24.3 Å². The molecular weight excluding hydrogens is 447 g/mol. The third-order valence-electron chi connectivity index (χ3n) is 6.45. The summed E-state index contributed by atoms with van der Waals surface area (Å²) in [4.78, 5) is 0. The van der Waals surface area contributed by atoms with Gasteiger partial charge in [0.15, 0.2) is 29.0 Å². The molecule has 182 valence electrons. The molecule has 1 fully saturated rings. The van der Waals surface area contributed by atoms with Crippen molar-refractivity contribution in [1.82, 2.24) is 0 Å². The second-order valence-corrected chi connectivity index (χ2v) is 8.67. The zero-order valence-corrected chi connectivity index (χ0v) is 18.3. The number of benzene rings is 3. The van der Waals surface area contributed by atoms with E-state index in [0.717, 1.165) is 37.2 Å². The molecule has 0 aromatic heterocycles. The first kappa shape index (κ1) is 25.7. The Morgan fingerprint density at radius 1 is 0.765 bits per heavy atom. The first-order valence-corrected chi connectivity index (χ1v) is 11.3. The maximum absolute atomic E-state index is 15.1. The van der Waals surface area contributed by atoms with Crippen LogP contribution in [0.2, 0.25) is 0 Å². The predicted molar refractivity (Wildman–Crippen MR) is 125 cm³/mol. The van der Waals surface area contributed by atoms with Crippen LogP contribution < -0.4 is 4.74 Å². The fourth-order valence-electron chi connectivity index (χ4n) is 4.71. The fraction of sp³-hybridized carbons (Fsp3) is 0.357. The Morgan fingerprint density at radius 3 is 2.06 bits per heavy atom. The van der Waals surface area contributed by atoms with Gasteiger partial charge < -0.3 is 4.74 Å². The molecule has 1 saturated carbocycles. The Labute approximate surface area is 197 Å². The maximum Gasteiger partial charge on any atom is 0.194 e. The third kappa shape index (κ3) is 5.43. The van der Waals surface area contributed by atoms with Crippen LogP contribution in [0.25, 0.3) is 11.1 Å². The van der Waals surface area contributed by atoms with Gasteiger partial charge in [0.05, 0.1) is 0 Å². The van der Waals surface area contributed by atoms with Crippen molar-refractivity contribution < 1.29 is 26.7 Å². The summed E-state index contributed by atoms with van der Waals surface area (Å²) >= 11 is 0. The average Bonchev–Trinajstić information content (AvgIpc) is 2.80. The molecule has 0 unspecified atom stereocenters. The molecule has 0 atom stereocenters. The summed E-state index contributed by atoms with van der Waals surface area (Å²) in [5.41, 5.74) is 0.945. The van der Waals surface area contributed by atoms with Crippen molar-refractivity contribution in [3.8, 4) is 22.6 Å². The molecule has 3 aromatic rings. The van der Waals surface area contributed by atoms with E-state index in [1.807, 2.05) is 6.07 Å². The van der Waals surface area contributed by atoms with Gasteiger partial charge in [-0.2, -0.15) is 0 Å². The van der Waals surface area contributed by atoms with Crippen molar-refractivity contribution >= 4 is 0 Å². The minimum atomic E-state index is -1.64. The highest BCUT2D eigenvalue weighted by atomic mass is 19.2. The van der Waals surface area contributed by atoms with Crippen LogP contribution in [0.4, 0.5) is 22.0 Å². The zero-order chi connectivity index (χ0) is 23.5. The van der Waals surface area contributed by atoms with E-state index in [0.29, 0.717) is 18.1 Å². The summed E-state index contributed by atoms with van der Waals surface area (Å²) in [6.07, 6.45) is 6.73. The molecule has 0 saturated heterocycles. The van der Waals surface area contributed by atoms with Crippen LogP contribution in [0.3, 0.4) is 0 Å². The minimum Gasteiger partial charge on any atom is -0.454 e. The lowest BCUT2D eigenvalue weighted by Gasteiger charge is -2.28. The van der Waals surface area contributed by atoms with Gasteiger partial charge in [-0.1, -0.05) is 51.5 Å². The summed E-state index contributed by atoms with van der Waals surface area (Å²) in [5, 5.41) is 0. The van der Waals surface area contributed by atoms with E-state index < -0.39 is 34.8 Å². The molecule has 34 heavy (non-hydrogen) atoms. The molecule has 0 spiro atoms. The van der Waals surface area contributed by atoms with Crippen molar-refractivity contribution in [2.75, 3.05) is 0 Å². The topological polar surface area (TPSA) is 9.23 Å². The number of rotatable bonds is 6. The van der Waals surface area contributed by atoms with Gasteiger partial charge in [-0.25, -0.2) is 22.0 Å². The summed E-state index contributed by atoms with van der Waals surface area (Å²) in [6.45, 7) is 2.19.